The molecular formula is C11H16N4O. The molecule has 1 aliphatic carbocycles. The molecule has 1 aromatic heterocycles. The standard InChI is InChI=1S/C11H16N4O/c1-11(12)6-14(7-11)9-10(16)15(5-4-13-9)8-2-3-8/h4-5,8H,2-3,6-7,12H2,1H3. The fourth-order valence-corrected chi connectivity index (χ4v) is 2.25. The van der Waals surface area contributed by atoms with Crippen LogP contribution >= 0.6 is 0 Å². The lowest BCUT2D eigenvalue weighted by atomic mass is 9.94. The molecule has 0 bridgehead atoms. The fraction of sp³-hybridized carbons (Fsp3) is 0.636. The summed E-state index contributed by atoms with van der Waals surface area (Å²) in [6.07, 6.45) is 5.71. The molecule has 2 N–H and O–H groups in total. The number of nitrogens with two attached hydrogens (primary N) is 1. The van der Waals surface area contributed by atoms with E-state index in [9.17, 15) is 4.79 Å². The molecule has 0 amide bonds. The quantitative estimate of drug-likeness (QED) is 0.768. The molecule has 0 radical (unpaired) electrons. The van der Waals surface area contributed by atoms with Crippen LogP contribution in [0.2, 0.25) is 0 Å². The first-order valence-electron chi connectivity index (χ1n) is 5.68. The Labute approximate surface area is 93.9 Å². The summed E-state index contributed by atoms with van der Waals surface area (Å²) in [5, 5.41) is 0. The molecule has 2 heterocycles. The Bertz CT molecular complexity index is 467. The zero-order chi connectivity index (χ0) is 11.3. The van der Waals surface area contributed by atoms with Gasteiger partial charge >= 0.3 is 0 Å². The summed E-state index contributed by atoms with van der Waals surface area (Å²) >= 11 is 0. The first-order valence-corrected chi connectivity index (χ1v) is 5.68. The molecule has 2 fully saturated rings. The number of aromatic nitrogens is 2. The second-order valence-corrected chi connectivity index (χ2v) is 5.20. The van der Waals surface area contributed by atoms with Crippen molar-refractivity contribution in [2.75, 3.05) is 18.0 Å². The highest BCUT2D eigenvalue weighted by Crippen LogP contribution is 2.33. The summed E-state index contributed by atoms with van der Waals surface area (Å²) in [6.45, 7) is 3.42. The van der Waals surface area contributed by atoms with Crippen LogP contribution in [0.15, 0.2) is 17.2 Å². The SMILES string of the molecule is CC1(N)CN(c2nccn(C3CC3)c2=O)C1. The maximum absolute atomic E-state index is 12.1. The van der Waals surface area contributed by atoms with E-state index in [1.807, 2.05) is 11.8 Å². The van der Waals surface area contributed by atoms with E-state index in [1.54, 1.807) is 17.0 Å². The van der Waals surface area contributed by atoms with Crippen LogP contribution in [0.1, 0.15) is 25.8 Å². The van der Waals surface area contributed by atoms with Gasteiger partial charge in [0.25, 0.3) is 5.56 Å². The van der Waals surface area contributed by atoms with Crippen molar-refractivity contribution < 1.29 is 0 Å². The lowest BCUT2D eigenvalue weighted by Gasteiger charge is -2.45. The average molecular weight is 220 g/mol. The van der Waals surface area contributed by atoms with Crippen LogP contribution in [-0.4, -0.2) is 28.2 Å². The van der Waals surface area contributed by atoms with E-state index in [1.165, 1.54) is 0 Å². The summed E-state index contributed by atoms with van der Waals surface area (Å²) < 4.78 is 1.80. The Morgan fingerprint density at radius 2 is 2.19 bits per heavy atom. The zero-order valence-corrected chi connectivity index (χ0v) is 9.39. The van der Waals surface area contributed by atoms with Gasteiger partial charge in [0, 0.05) is 37.1 Å². The second-order valence-electron chi connectivity index (χ2n) is 5.20. The molecule has 0 atom stereocenters. The van der Waals surface area contributed by atoms with Crippen LogP contribution in [-0.2, 0) is 0 Å². The van der Waals surface area contributed by atoms with E-state index < -0.39 is 0 Å². The normalized spacial score (nSPS) is 23.0. The molecule has 0 spiro atoms. The van der Waals surface area contributed by atoms with Gasteiger partial charge in [-0.2, -0.15) is 0 Å². The fourth-order valence-electron chi connectivity index (χ4n) is 2.25. The van der Waals surface area contributed by atoms with Gasteiger partial charge in [0.15, 0.2) is 5.82 Å². The summed E-state index contributed by atoms with van der Waals surface area (Å²) in [5.41, 5.74) is 5.79. The Kier molecular flexibility index (Phi) is 1.89. The largest absolute Gasteiger partial charge is 0.348 e. The van der Waals surface area contributed by atoms with Crippen LogP contribution in [0.3, 0.4) is 0 Å². The molecule has 5 nitrogen and oxygen atoms in total. The van der Waals surface area contributed by atoms with Crippen molar-refractivity contribution in [3.8, 4) is 0 Å². The van der Waals surface area contributed by atoms with Crippen molar-refractivity contribution in [1.82, 2.24) is 9.55 Å². The number of anilines is 1. The molecular weight excluding hydrogens is 204 g/mol. The van der Waals surface area contributed by atoms with Gasteiger partial charge in [-0.25, -0.2) is 4.98 Å². The monoisotopic (exact) mass is 220 g/mol. The van der Waals surface area contributed by atoms with Crippen molar-refractivity contribution in [3.05, 3.63) is 22.7 Å². The molecule has 16 heavy (non-hydrogen) atoms. The van der Waals surface area contributed by atoms with E-state index >= 15 is 0 Å². The topological polar surface area (TPSA) is 64.2 Å². The third kappa shape index (κ3) is 1.51. The molecule has 3 rings (SSSR count). The van der Waals surface area contributed by atoms with Crippen LogP contribution in [0.25, 0.3) is 0 Å². The highest BCUT2D eigenvalue weighted by Gasteiger charge is 2.37. The van der Waals surface area contributed by atoms with Gasteiger partial charge in [-0.1, -0.05) is 0 Å². The number of nitrogens with zero attached hydrogens (tertiary/aromatic N) is 3. The summed E-state index contributed by atoms with van der Waals surface area (Å²) in [7, 11) is 0. The number of hydrogen-bond donors (Lipinski definition) is 1. The zero-order valence-electron chi connectivity index (χ0n) is 9.39. The van der Waals surface area contributed by atoms with Crippen molar-refractivity contribution in [2.24, 2.45) is 5.73 Å². The van der Waals surface area contributed by atoms with Crippen LogP contribution in [0.4, 0.5) is 5.82 Å². The third-order valence-corrected chi connectivity index (χ3v) is 3.19. The maximum Gasteiger partial charge on any atom is 0.293 e. The second kappa shape index (κ2) is 3.07. The Morgan fingerprint density at radius 1 is 1.50 bits per heavy atom. The highest BCUT2D eigenvalue weighted by molar-refractivity contribution is 5.42. The molecule has 2 aliphatic rings. The molecule has 0 aromatic carbocycles. The lowest BCUT2D eigenvalue weighted by molar-refractivity contribution is 0.361. The molecule has 1 saturated carbocycles. The number of hydrogen-bond acceptors (Lipinski definition) is 4. The minimum absolute atomic E-state index is 0.0282. The van der Waals surface area contributed by atoms with Crippen molar-refractivity contribution >= 4 is 5.82 Å². The van der Waals surface area contributed by atoms with E-state index in [2.05, 4.69) is 4.98 Å². The van der Waals surface area contributed by atoms with Crippen LogP contribution < -0.4 is 16.2 Å². The lowest BCUT2D eigenvalue weighted by Crippen LogP contribution is -2.66. The molecule has 0 unspecified atom stereocenters. The Balaban J connectivity index is 1.91. The molecule has 1 saturated heterocycles. The minimum Gasteiger partial charge on any atom is -0.348 e. The van der Waals surface area contributed by atoms with Crippen molar-refractivity contribution in [2.45, 2.75) is 31.3 Å². The third-order valence-electron chi connectivity index (χ3n) is 3.19. The molecule has 86 valence electrons. The van der Waals surface area contributed by atoms with Gasteiger partial charge < -0.3 is 15.2 Å². The number of rotatable bonds is 2. The maximum atomic E-state index is 12.1. The van der Waals surface area contributed by atoms with Gasteiger partial charge in [-0.15, -0.1) is 0 Å². The average Bonchev–Trinajstić information content (AvgIpc) is 2.98. The van der Waals surface area contributed by atoms with Gasteiger partial charge in [0.05, 0.1) is 0 Å². The van der Waals surface area contributed by atoms with Gasteiger partial charge in [0.2, 0.25) is 0 Å². The van der Waals surface area contributed by atoms with Crippen molar-refractivity contribution in [3.63, 3.8) is 0 Å². The van der Waals surface area contributed by atoms with Crippen LogP contribution in [0, 0.1) is 0 Å². The Morgan fingerprint density at radius 3 is 2.75 bits per heavy atom. The molecule has 5 heteroatoms. The first-order chi connectivity index (χ1) is 7.57. The van der Waals surface area contributed by atoms with E-state index in [0.29, 0.717) is 24.9 Å². The molecule has 1 aliphatic heterocycles. The van der Waals surface area contributed by atoms with E-state index in [4.69, 9.17) is 5.73 Å². The predicted octanol–water partition coefficient (Wildman–Crippen LogP) is 0.116. The van der Waals surface area contributed by atoms with Gasteiger partial charge in [0.1, 0.15) is 0 Å². The predicted molar refractivity (Wildman–Crippen MR) is 61.6 cm³/mol. The van der Waals surface area contributed by atoms with E-state index in [0.717, 1.165) is 12.8 Å². The summed E-state index contributed by atoms with van der Waals surface area (Å²) in [6, 6.07) is 0.403. The first kappa shape index (κ1) is 9.84. The highest BCUT2D eigenvalue weighted by atomic mass is 16.1. The summed E-state index contributed by atoms with van der Waals surface area (Å²) in [4.78, 5) is 18.2. The molecule has 1 aromatic rings. The minimum atomic E-state index is -0.172. The van der Waals surface area contributed by atoms with Gasteiger partial charge in [-0.3, -0.25) is 4.79 Å². The van der Waals surface area contributed by atoms with Gasteiger partial charge in [-0.05, 0) is 19.8 Å². The van der Waals surface area contributed by atoms with E-state index in [-0.39, 0.29) is 11.1 Å². The van der Waals surface area contributed by atoms with Crippen LogP contribution in [0.5, 0.6) is 0 Å². The Hall–Kier alpha value is -1.36. The van der Waals surface area contributed by atoms with Crippen molar-refractivity contribution in [1.29, 1.82) is 0 Å². The smallest absolute Gasteiger partial charge is 0.293 e. The summed E-state index contributed by atoms with van der Waals surface area (Å²) in [5.74, 6) is 0.553.